The van der Waals surface area contributed by atoms with Crippen LogP contribution in [-0.2, 0) is 4.74 Å². The minimum atomic E-state index is -8.36. The molecule has 1 unspecified atom stereocenters. The van der Waals surface area contributed by atoms with Gasteiger partial charge in [0.25, 0.3) is 0 Å². The van der Waals surface area contributed by atoms with Gasteiger partial charge in [0.1, 0.15) is 0 Å². The number of rotatable bonds is 5. The molecule has 0 aliphatic carbocycles. The van der Waals surface area contributed by atoms with Crippen molar-refractivity contribution in [2.24, 2.45) is 0 Å². The standard InChI is InChI=1S/C8F16O/c9-1(10,3(13,14)5(17,18)7(20,21)22)2(11,12)4(15,16)6(19)8(23,24)25-6. The smallest absolute Gasteiger partial charge is 0.265 e. The molecule has 0 aromatic carbocycles. The third-order valence-corrected chi connectivity index (χ3v) is 2.94. The van der Waals surface area contributed by atoms with Gasteiger partial charge >= 0.3 is 47.8 Å². The highest BCUT2D eigenvalue weighted by atomic mass is 19.4. The van der Waals surface area contributed by atoms with Gasteiger partial charge in [-0.05, 0) is 0 Å². The van der Waals surface area contributed by atoms with Crippen molar-refractivity contribution >= 4 is 0 Å². The van der Waals surface area contributed by atoms with E-state index in [9.17, 15) is 70.2 Å². The molecule has 1 fully saturated rings. The van der Waals surface area contributed by atoms with E-state index >= 15 is 0 Å². The molecule has 1 rings (SSSR count). The number of hydrogen-bond acceptors (Lipinski definition) is 1. The molecule has 25 heavy (non-hydrogen) atoms. The SMILES string of the molecule is FC(F)(F)C(F)(F)C(F)(F)C(F)(F)C(F)(F)C(F)(F)C1(F)OC1(F)F. The number of halogens is 16. The monoisotopic (exact) mass is 416 g/mol. The Hall–Kier alpha value is -1.16. The van der Waals surface area contributed by atoms with E-state index in [2.05, 4.69) is 4.74 Å². The zero-order valence-corrected chi connectivity index (χ0v) is 10.5. The molecule has 0 saturated carbocycles. The van der Waals surface area contributed by atoms with Crippen LogP contribution >= 0.6 is 0 Å². The van der Waals surface area contributed by atoms with Gasteiger partial charge in [-0.1, -0.05) is 0 Å². The molecule has 1 aliphatic rings. The first-order valence-corrected chi connectivity index (χ1v) is 5.18. The molecule has 0 aromatic heterocycles. The summed E-state index contributed by atoms with van der Waals surface area (Å²) in [6.07, 6.45) is -13.6. The summed E-state index contributed by atoms with van der Waals surface area (Å²) in [6, 6.07) is 0. The van der Waals surface area contributed by atoms with Crippen molar-refractivity contribution in [3.05, 3.63) is 0 Å². The van der Waals surface area contributed by atoms with Gasteiger partial charge in [0, 0.05) is 0 Å². The van der Waals surface area contributed by atoms with E-state index in [4.69, 9.17) is 0 Å². The van der Waals surface area contributed by atoms with Crippen LogP contribution in [0.3, 0.4) is 0 Å². The lowest BCUT2D eigenvalue weighted by Gasteiger charge is -2.39. The summed E-state index contributed by atoms with van der Waals surface area (Å²) in [5.41, 5.74) is 0. The van der Waals surface area contributed by atoms with Gasteiger partial charge in [0.05, 0.1) is 0 Å². The minimum Gasteiger partial charge on any atom is -0.265 e. The number of hydrogen-bond donors (Lipinski definition) is 0. The Morgan fingerprint density at radius 2 is 0.760 bits per heavy atom. The molecule has 1 aliphatic heterocycles. The molecule has 0 N–H and O–H groups in total. The van der Waals surface area contributed by atoms with E-state index in [1.165, 1.54) is 0 Å². The fraction of sp³-hybridized carbons (Fsp3) is 1.00. The average molecular weight is 416 g/mol. The molecule has 0 radical (unpaired) electrons. The van der Waals surface area contributed by atoms with Crippen LogP contribution in [0.25, 0.3) is 0 Å². The highest BCUT2D eigenvalue weighted by Crippen LogP contribution is 2.68. The number of ether oxygens (including phenoxy) is 1. The number of alkyl halides is 16. The molecule has 0 amide bonds. The van der Waals surface area contributed by atoms with Gasteiger partial charge in [0.2, 0.25) is 0 Å². The summed E-state index contributed by atoms with van der Waals surface area (Å²) in [4.78, 5) is 0. The van der Waals surface area contributed by atoms with Crippen LogP contribution in [0.2, 0.25) is 0 Å². The van der Waals surface area contributed by atoms with Crippen molar-refractivity contribution in [2.45, 2.75) is 47.8 Å². The van der Waals surface area contributed by atoms with Crippen molar-refractivity contribution in [1.82, 2.24) is 0 Å². The summed E-state index contributed by atoms with van der Waals surface area (Å²) in [7, 11) is 0. The molecule has 0 bridgehead atoms. The molecular formula is C8F16O. The summed E-state index contributed by atoms with van der Waals surface area (Å²) in [6.45, 7) is 0. The minimum absolute atomic E-state index is 2.09. The van der Waals surface area contributed by atoms with Crippen LogP contribution in [0, 0.1) is 0 Å². The molecule has 1 heterocycles. The predicted molar refractivity (Wildman–Crippen MR) is 40.7 cm³/mol. The first kappa shape index (κ1) is 21.9. The van der Waals surface area contributed by atoms with E-state index < -0.39 is 47.8 Å². The second-order valence-corrected chi connectivity index (χ2v) is 4.58. The van der Waals surface area contributed by atoms with Crippen molar-refractivity contribution in [1.29, 1.82) is 0 Å². The lowest BCUT2D eigenvalue weighted by Crippen LogP contribution is -2.72. The second kappa shape index (κ2) is 4.76. The average Bonchev–Trinajstić information content (AvgIpc) is 2.87. The van der Waals surface area contributed by atoms with E-state index in [-0.39, 0.29) is 0 Å². The quantitative estimate of drug-likeness (QED) is 0.454. The first-order valence-electron chi connectivity index (χ1n) is 5.18. The van der Waals surface area contributed by atoms with Gasteiger partial charge in [0.15, 0.2) is 0 Å². The molecule has 17 heteroatoms. The summed E-state index contributed by atoms with van der Waals surface area (Å²) in [5, 5.41) is 0. The maximum atomic E-state index is 12.9. The number of epoxide rings is 1. The van der Waals surface area contributed by atoms with Crippen molar-refractivity contribution in [2.75, 3.05) is 0 Å². The highest BCUT2D eigenvalue weighted by Gasteiger charge is 3.00. The van der Waals surface area contributed by atoms with Crippen molar-refractivity contribution < 1.29 is 75.0 Å². The van der Waals surface area contributed by atoms with E-state index in [0.717, 1.165) is 0 Å². The molecule has 1 nitrogen and oxygen atoms in total. The zero-order chi connectivity index (χ0) is 20.7. The van der Waals surface area contributed by atoms with E-state index in [1.807, 2.05) is 0 Å². The highest BCUT2D eigenvalue weighted by molar-refractivity contribution is 5.18. The molecule has 1 saturated heterocycles. The van der Waals surface area contributed by atoms with Crippen molar-refractivity contribution in [3.8, 4) is 0 Å². The van der Waals surface area contributed by atoms with E-state index in [0.29, 0.717) is 0 Å². The molecule has 1 atom stereocenters. The Morgan fingerprint density at radius 3 is 1.00 bits per heavy atom. The topological polar surface area (TPSA) is 12.5 Å². The predicted octanol–water partition coefficient (Wildman–Crippen LogP) is 5.01. The maximum absolute atomic E-state index is 12.9. The third kappa shape index (κ3) is 2.29. The molecule has 0 spiro atoms. The van der Waals surface area contributed by atoms with Crippen LogP contribution in [0.15, 0.2) is 0 Å². The van der Waals surface area contributed by atoms with Gasteiger partial charge in [-0.2, -0.15) is 70.2 Å². The lowest BCUT2D eigenvalue weighted by molar-refractivity contribution is -0.447. The Bertz CT molecular complexity index is 545. The van der Waals surface area contributed by atoms with Crippen LogP contribution in [-0.4, -0.2) is 47.8 Å². The van der Waals surface area contributed by atoms with Crippen LogP contribution < -0.4 is 0 Å². The first-order chi connectivity index (χ1) is 10.5. The Balaban J connectivity index is 3.50. The second-order valence-electron chi connectivity index (χ2n) is 4.58. The van der Waals surface area contributed by atoms with Gasteiger partial charge in [-0.25, -0.2) is 0 Å². The summed E-state index contributed by atoms with van der Waals surface area (Å²) in [5.74, 6) is -46.9. The lowest BCUT2D eigenvalue weighted by atomic mass is 9.92. The summed E-state index contributed by atoms with van der Waals surface area (Å²) >= 11 is 0. The molecule has 150 valence electrons. The summed E-state index contributed by atoms with van der Waals surface area (Å²) < 4.78 is 202. The fourth-order valence-electron chi connectivity index (χ4n) is 1.37. The zero-order valence-electron chi connectivity index (χ0n) is 10.5. The van der Waals surface area contributed by atoms with Crippen LogP contribution in [0.1, 0.15) is 0 Å². The van der Waals surface area contributed by atoms with Crippen molar-refractivity contribution in [3.63, 3.8) is 0 Å². The Labute approximate surface area is 124 Å². The van der Waals surface area contributed by atoms with Gasteiger partial charge in [-0.15, -0.1) is 0 Å². The fourth-order valence-corrected chi connectivity index (χ4v) is 1.37. The van der Waals surface area contributed by atoms with Gasteiger partial charge < -0.3 is 0 Å². The van der Waals surface area contributed by atoms with Crippen LogP contribution in [0.4, 0.5) is 70.2 Å². The largest absolute Gasteiger partial charge is 0.460 e. The normalized spacial score (nSPS) is 25.9. The third-order valence-electron chi connectivity index (χ3n) is 2.94. The van der Waals surface area contributed by atoms with Gasteiger partial charge in [-0.3, -0.25) is 4.74 Å². The molecular weight excluding hydrogens is 416 g/mol. The maximum Gasteiger partial charge on any atom is 0.460 e. The van der Waals surface area contributed by atoms with E-state index in [1.54, 1.807) is 0 Å². The Kier molecular flexibility index (Phi) is 4.17. The Morgan fingerprint density at radius 1 is 0.480 bits per heavy atom. The molecule has 0 aromatic rings. The van der Waals surface area contributed by atoms with Crippen LogP contribution in [0.5, 0.6) is 0 Å².